The van der Waals surface area contributed by atoms with E-state index in [1.165, 1.54) is 16.2 Å². The summed E-state index contributed by atoms with van der Waals surface area (Å²) in [5, 5.41) is 10.3. The van der Waals surface area contributed by atoms with E-state index < -0.39 is 0 Å². The lowest BCUT2D eigenvalue weighted by Gasteiger charge is -2.12. The Morgan fingerprint density at radius 1 is 0.135 bits per heavy atom. The Bertz CT molecular complexity index is 8310. The van der Waals surface area contributed by atoms with Crippen molar-refractivity contribution in [3.63, 3.8) is 0 Å². The maximum Gasteiger partial charge on any atom is 0.164 e. The van der Waals surface area contributed by atoms with Crippen molar-refractivity contribution < 1.29 is 0 Å². The minimum atomic E-state index is 0.626. The largest absolute Gasteiger partial charge is 0.308 e. The topological polar surface area (TPSA) is 144 Å². The third-order valence-corrected chi connectivity index (χ3v) is 26.2. The molecule has 141 heavy (non-hydrogen) atoms. The van der Waals surface area contributed by atoms with Crippen LogP contribution >= 0.6 is 0 Å². The van der Waals surface area contributed by atoms with Crippen LogP contribution in [0.1, 0.15) is 0 Å². The van der Waals surface area contributed by atoms with Crippen molar-refractivity contribution in [3.8, 4) is 153 Å². The van der Waals surface area contributed by atoms with Crippen LogP contribution in [0.4, 0.5) is 0 Å². The van der Waals surface area contributed by atoms with E-state index in [1.54, 1.807) is 0 Å². The van der Waals surface area contributed by atoms with Crippen LogP contribution in [-0.4, -0.2) is 63.5 Å². The van der Waals surface area contributed by atoms with Crippen molar-refractivity contribution in [1.29, 1.82) is 0 Å². The Labute approximate surface area is 812 Å². The first-order valence-corrected chi connectivity index (χ1v) is 47.3. The number of fused-ring (bicyclic) bond motifs is 15. The molecule has 27 aromatic rings. The fourth-order valence-corrected chi connectivity index (χ4v) is 19.7. The Hall–Kier alpha value is -19.2. The van der Waals surface area contributed by atoms with Gasteiger partial charge in [-0.05, 0) is 84.9 Å². The normalized spacial score (nSPS) is 11.4. The third kappa shape index (κ3) is 15.8. The molecular formula is C128H83N13. The van der Waals surface area contributed by atoms with Crippen LogP contribution in [0.15, 0.2) is 504 Å². The summed E-state index contributed by atoms with van der Waals surface area (Å²) in [6.45, 7) is 0. The highest BCUT2D eigenvalue weighted by molar-refractivity contribution is 6.25. The molecule has 27 rings (SSSR count). The maximum atomic E-state index is 5.30. The Kier molecular flexibility index (Phi) is 21.6. The van der Waals surface area contributed by atoms with Crippen LogP contribution in [0, 0.1) is 0 Å². The number of hydrogen-bond acceptors (Lipinski definition) is 10. The molecule has 660 valence electrons. The first-order chi connectivity index (χ1) is 69.9. The molecule has 0 aliphatic heterocycles. The molecule has 0 unspecified atom stereocenters. The van der Waals surface area contributed by atoms with Crippen molar-refractivity contribution in [2.75, 3.05) is 0 Å². The van der Waals surface area contributed by atoms with Crippen LogP contribution in [0.3, 0.4) is 0 Å². The van der Waals surface area contributed by atoms with Gasteiger partial charge in [-0.3, -0.25) is 0 Å². The standard InChI is InChI=1S/2C43H28N4.C42H27N5/c1-4-14-29(15-5-1)37-28-38(46-43(45-37)32-16-6-2-7-17-32)30-24-26-31(27-25-30)41-40-35-21-11-13-23-39(35)47(33-18-8-3-9-19-33)42(40)34-20-10-12-22-36(34)44-41;1-4-14-29(15-5-1)37-28-38(30-16-6-2-7-17-30)46-43(45-37)32-26-24-31(25-27-32)41-40-35-21-11-13-23-39(35)47(33-18-8-3-9-19-33)42(40)34-20-10-12-22-36(34)44-41;1-4-14-29(15-5-1)40-44-41(30-16-6-2-7-17-30)46-42(45-40)31-26-24-28(25-27-31)38-37-34-21-11-13-23-36(34)47(32-18-8-3-9-19-32)39(37)33-20-10-12-22-35(33)43-38/h2*1-28H;1-27H. The molecule has 0 saturated carbocycles. The van der Waals surface area contributed by atoms with E-state index in [4.69, 9.17) is 49.8 Å². The number of para-hydroxylation sites is 9. The molecule has 0 amide bonds. The molecule has 0 aliphatic carbocycles. The lowest BCUT2D eigenvalue weighted by atomic mass is 10.00. The van der Waals surface area contributed by atoms with E-state index >= 15 is 0 Å². The lowest BCUT2D eigenvalue weighted by molar-refractivity contribution is 1.07. The van der Waals surface area contributed by atoms with E-state index in [1.807, 2.05) is 133 Å². The van der Waals surface area contributed by atoms with Crippen LogP contribution < -0.4 is 0 Å². The molecular weight excluding hydrogens is 1720 g/mol. The summed E-state index contributed by atoms with van der Waals surface area (Å²) in [5.74, 6) is 3.31. The number of nitrogens with zero attached hydrogens (tertiary/aromatic N) is 13. The average Bonchev–Trinajstić information content (AvgIpc) is 1.57. The maximum absolute atomic E-state index is 5.30. The van der Waals surface area contributed by atoms with E-state index in [0.717, 1.165) is 206 Å². The van der Waals surface area contributed by atoms with Crippen LogP contribution in [0.25, 0.3) is 251 Å². The molecule has 13 heteroatoms. The fourth-order valence-electron chi connectivity index (χ4n) is 19.7. The van der Waals surface area contributed by atoms with Crippen LogP contribution in [0.2, 0.25) is 0 Å². The summed E-state index contributed by atoms with van der Waals surface area (Å²) in [6, 6.07) is 174. The quantitative estimate of drug-likeness (QED) is 0.0973. The van der Waals surface area contributed by atoms with Gasteiger partial charge >= 0.3 is 0 Å². The molecule has 0 atom stereocenters. The molecule has 13 nitrogen and oxygen atoms in total. The number of pyridine rings is 3. The average molecular weight is 1800 g/mol. The Morgan fingerprint density at radius 2 is 0.319 bits per heavy atom. The highest BCUT2D eigenvalue weighted by Gasteiger charge is 2.27. The Balaban J connectivity index is 0.000000111. The number of rotatable bonds is 15. The van der Waals surface area contributed by atoms with Crippen molar-refractivity contribution in [2.45, 2.75) is 0 Å². The lowest BCUT2D eigenvalue weighted by Crippen LogP contribution is -2.00. The predicted octanol–water partition coefficient (Wildman–Crippen LogP) is 31.8. The molecule has 9 heterocycles. The van der Waals surface area contributed by atoms with Gasteiger partial charge in [-0.25, -0.2) is 49.8 Å². The smallest absolute Gasteiger partial charge is 0.164 e. The summed E-state index contributed by atoms with van der Waals surface area (Å²) in [5.41, 5.74) is 31.7. The van der Waals surface area contributed by atoms with Gasteiger partial charge in [0.25, 0.3) is 0 Å². The van der Waals surface area contributed by atoms with Gasteiger partial charge in [0.1, 0.15) is 0 Å². The summed E-state index contributed by atoms with van der Waals surface area (Å²) < 4.78 is 7.12. The van der Waals surface area contributed by atoms with E-state index in [9.17, 15) is 0 Å². The van der Waals surface area contributed by atoms with Crippen LogP contribution in [0.5, 0.6) is 0 Å². The zero-order valence-corrected chi connectivity index (χ0v) is 76.2. The van der Waals surface area contributed by atoms with Gasteiger partial charge in [-0.2, -0.15) is 0 Å². The van der Waals surface area contributed by atoms with Gasteiger partial charge in [-0.1, -0.05) is 419 Å². The van der Waals surface area contributed by atoms with Crippen molar-refractivity contribution in [1.82, 2.24) is 63.5 Å². The summed E-state index contributed by atoms with van der Waals surface area (Å²) >= 11 is 0. The predicted molar refractivity (Wildman–Crippen MR) is 578 cm³/mol. The Morgan fingerprint density at radius 3 is 0.582 bits per heavy atom. The molecule has 0 bridgehead atoms. The highest BCUT2D eigenvalue weighted by Crippen LogP contribution is 2.47. The molecule has 18 aromatic carbocycles. The second kappa shape index (κ2) is 36.5. The molecule has 0 N–H and O–H groups in total. The minimum absolute atomic E-state index is 0.626. The van der Waals surface area contributed by atoms with Gasteiger partial charge in [0.15, 0.2) is 29.1 Å². The van der Waals surface area contributed by atoms with Crippen molar-refractivity contribution in [2.24, 2.45) is 0 Å². The van der Waals surface area contributed by atoms with E-state index in [-0.39, 0.29) is 0 Å². The van der Waals surface area contributed by atoms with E-state index in [2.05, 4.69) is 384 Å². The molecule has 9 aromatic heterocycles. The first-order valence-electron chi connectivity index (χ1n) is 47.3. The first kappa shape index (κ1) is 83.6. The molecule has 0 fully saturated rings. The second-order valence-corrected chi connectivity index (χ2v) is 34.8. The highest BCUT2D eigenvalue weighted by atomic mass is 15.0. The molecule has 0 saturated heterocycles. The summed E-state index contributed by atoms with van der Waals surface area (Å²) in [4.78, 5) is 50.7. The van der Waals surface area contributed by atoms with Crippen molar-refractivity contribution in [3.05, 3.63) is 504 Å². The fraction of sp³-hybridized carbons (Fsp3) is 0. The van der Waals surface area contributed by atoms with E-state index in [0.29, 0.717) is 29.1 Å². The van der Waals surface area contributed by atoms with Gasteiger partial charge in [0.2, 0.25) is 0 Å². The SMILES string of the molecule is c1ccc(-c2cc(-c3ccc(-c4nc5ccccc5c5c4c4ccccc4n5-c4ccccc4)cc3)nc(-c3ccccc3)n2)cc1.c1ccc(-c2cc(-c3ccccc3)nc(-c3ccc(-c4nc5ccccc5c5c4c4ccccc4n5-c4ccccc4)cc3)n2)cc1.c1ccc(-c2nc(-c3ccccc3)nc(-c3ccc(-c4nc5ccccc5c5c4c4ccccc4n5-c4ccccc4)cc3)n2)cc1. The second-order valence-electron chi connectivity index (χ2n) is 34.8. The zero-order chi connectivity index (χ0) is 93.5. The minimum Gasteiger partial charge on any atom is -0.308 e. The van der Waals surface area contributed by atoms with Gasteiger partial charge in [0.05, 0.1) is 89.5 Å². The molecule has 0 radical (unpaired) electrons. The van der Waals surface area contributed by atoms with Gasteiger partial charge < -0.3 is 13.7 Å². The van der Waals surface area contributed by atoms with Crippen LogP contribution in [-0.2, 0) is 0 Å². The molecule has 0 spiro atoms. The molecule has 0 aliphatic rings. The number of aromatic nitrogens is 13. The summed E-state index contributed by atoms with van der Waals surface area (Å²) in [6.07, 6.45) is 0. The number of benzene rings is 18. The zero-order valence-electron chi connectivity index (χ0n) is 76.2. The van der Waals surface area contributed by atoms with Gasteiger partial charge in [0, 0.05) is 132 Å². The monoisotopic (exact) mass is 1800 g/mol. The number of hydrogen-bond donors (Lipinski definition) is 0. The summed E-state index contributed by atoms with van der Waals surface area (Å²) in [7, 11) is 0. The van der Waals surface area contributed by atoms with Gasteiger partial charge in [-0.15, -0.1) is 0 Å². The van der Waals surface area contributed by atoms with Crippen molar-refractivity contribution >= 4 is 98.1 Å². The third-order valence-electron chi connectivity index (χ3n) is 26.2.